The molecular formula is C16H18ClN3O3. The number of carbonyl (C=O) groups excluding carboxylic acids is 1. The van der Waals surface area contributed by atoms with Gasteiger partial charge in [0.1, 0.15) is 5.69 Å². The molecule has 0 radical (unpaired) electrons. The van der Waals surface area contributed by atoms with Gasteiger partial charge in [0, 0.05) is 28.0 Å². The molecule has 7 heteroatoms. The van der Waals surface area contributed by atoms with Crippen molar-refractivity contribution in [2.75, 3.05) is 0 Å². The number of hydrogen-bond donors (Lipinski definition) is 4. The Kier molecular flexibility index (Phi) is 4.28. The number of H-pyrrole nitrogens is 1. The SMILES string of the molecule is NC1CC(C(=O)O)CC[C@H]1NC(=O)c1cc2cc(Cl)ccc2[nH]1. The quantitative estimate of drug-likeness (QED) is 0.689. The minimum absolute atomic E-state index is 0.215. The van der Waals surface area contributed by atoms with Gasteiger partial charge in [-0.3, -0.25) is 9.59 Å². The van der Waals surface area contributed by atoms with Gasteiger partial charge < -0.3 is 21.1 Å². The summed E-state index contributed by atoms with van der Waals surface area (Å²) in [5, 5.41) is 13.4. The molecule has 5 N–H and O–H groups in total. The van der Waals surface area contributed by atoms with Crippen molar-refractivity contribution in [1.82, 2.24) is 10.3 Å². The number of carboxylic acids is 1. The van der Waals surface area contributed by atoms with Gasteiger partial charge in [-0.1, -0.05) is 11.6 Å². The van der Waals surface area contributed by atoms with Gasteiger partial charge in [-0.25, -0.2) is 0 Å². The topological polar surface area (TPSA) is 108 Å². The van der Waals surface area contributed by atoms with Crippen LogP contribution in [0.4, 0.5) is 0 Å². The molecular weight excluding hydrogens is 318 g/mol. The largest absolute Gasteiger partial charge is 0.481 e. The monoisotopic (exact) mass is 335 g/mol. The van der Waals surface area contributed by atoms with Crippen LogP contribution in [0, 0.1) is 5.92 Å². The van der Waals surface area contributed by atoms with Crippen LogP contribution < -0.4 is 11.1 Å². The Labute approximate surface area is 138 Å². The number of aromatic amines is 1. The molecule has 0 aliphatic heterocycles. The van der Waals surface area contributed by atoms with Crippen LogP contribution in [-0.4, -0.2) is 34.1 Å². The fourth-order valence-corrected chi connectivity index (χ4v) is 3.26. The standard InChI is InChI=1S/C16H18ClN3O3/c17-10-2-4-12-9(5-10)7-14(19-12)15(21)20-13-3-1-8(16(22)23)6-11(13)18/h2,4-5,7-8,11,13,19H,1,3,6,18H2,(H,20,21)(H,22,23)/t8?,11?,13-/m1/s1. The number of carbonyl (C=O) groups is 2. The van der Waals surface area contributed by atoms with E-state index in [0.29, 0.717) is 30.0 Å². The minimum Gasteiger partial charge on any atom is -0.481 e. The lowest BCUT2D eigenvalue weighted by Gasteiger charge is -2.32. The summed E-state index contributed by atoms with van der Waals surface area (Å²) in [6.07, 6.45) is 1.47. The van der Waals surface area contributed by atoms with E-state index in [9.17, 15) is 9.59 Å². The van der Waals surface area contributed by atoms with Crippen LogP contribution in [0.2, 0.25) is 5.02 Å². The van der Waals surface area contributed by atoms with Gasteiger partial charge in [0.05, 0.1) is 5.92 Å². The summed E-state index contributed by atoms with van der Waals surface area (Å²) in [6, 6.07) is 6.53. The van der Waals surface area contributed by atoms with Crippen molar-refractivity contribution in [2.24, 2.45) is 11.7 Å². The van der Waals surface area contributed by atoms with E-state index in [4.69, 9.17) is 22.4 Å². The molecule has 23 heavy (non-hydrogen) atoms. The fraction of sp³-hybridized carbons (Fsp3) is 0.375. The predicted molar refractivity (Wildman–Crippen MR) is 87.5 cm³/mol. The highest BCUT2D eigenvalue weighted by atomic mass is 35.5. The summed E-state index contributed by atoms with van der Waals surface area (Å²) in [4.78, 5) is 26.4. The van der Waals surface area contributed by atoms with E-state index in [0.717, 1.165) is 10.9 Å². The number of amides is 1. The second-order valence-electron chi connectivity index (χ2n) is 6.01. The number of benzene rings is 1. The zero-order valence-corrected chi connectivity index (χ0v) is 13.1. The Morgan fingerprint density at radius 1 is 1.30 bits per heavy atom. The molecule has 0 bridgehead atoms. The Hall–Kier alpha value is -2.05. The van der Waals surface area contributed by atoms with Crippen LogP contribution in [0.1, 0.15) is 29.8 Å². The zero-order valence-electron chi connectivity index (χ0n) is 12.4. The maximum absolute atomic E-state index is 12.4. The summed E-state index contributed by atoms with van der Waals surface area (Å²) < 4.78 is 0. The van der Waals surface area contributed by atoms with E-state index < -0.39 is 11.9 Å². The lowest BCUT2D eigenvalue weighted by atomic mass is 9.82. The van der Waals surface area contributed by atoms with Gasteiger partial charge >= 0.3 is 5.97 Å². The first-order valence-corrected chi connectivity index (χ1v) is 7.89. The first-order chi connectivity index (χ1) is 10.9. The molecule has 1 fully saturated rings. The number of rotatable bonds is 3. The van der Waals surface area contributed by atoms with Crippen LogP contribution in [-0.2, 0) is 4.79 Å². The molecule has 2 aromatic rings. The van der Waals surface area contributed by atoms with E-state index >= 15 is 0 Å². The van der Waals surface area contributed by atoms with E-state index in [-0.39, 0.29) is 18.0 Å². The van der Waals surface area contributed by atoms with Crippen molar-refractivity contribution in [3.63, 3.8) is 0 Å². The molecule has 0 spiro atoms. The van der Waals surface area contributed by atoms with Crippen LogP contribution in [0.3, 0.4) is 0 Å². The summed E-state index contributed by atoms with van der Waals surface area (Å²) in [5.74, 6) is -1.49. The summed E-state index contributed by atoms with van der Waals surface area (Å²) in [7, 11) is 0. The average Bonchev–Trinajstić information content (AvgIpc) is 2.92. The highest BCUT2D eigenvalue weighted by Crippen LogP contribution is 2.25. The van der Waals surface area contributed by atoms with Gasteiger partial charge in [-0.15, -0.1) is 0 Å². The Morgan fingerprint density at radius 3 is 2.78 bits per heavy atom. The van der Waals surface area contributed by atoms with Crippen molar-refractivity contribution >= 4 is 34.4 Å². The maximum Gasteiger partial charge on any atom is 0.306 e. The van der Waals surface area contributed by atoms with E-state index in [1.807, 2.05) is 6.07 Å². The second kappa shape index (κ2) is 6.22. The van der Waals surface area contributed by atoms with E-state index in [2.05, 4.69) is 10.3 Å². The zero-order chi connectivity index (χ0) is 16.6. The molecule has 6 nitrogen and oxygen atoms in total. The van der Waals surface area contributed by atoms with Gasteiger partial charge in [0.25, 0.3) is 5.91 Å². The van der Waals surface area contributed by atoms with Gasteiger partial charge in [-0.05, 0) is 43.5 Å². The number of fused-ring (bicyclic) bond motifs is 1. The molecule has 2 unspecified atom stereocenters. The molecule has 0 saturated heterocycles. The number of nitrogens with one attached hydrogen (secondary N) is 2. The molecule has 1 heterocycles. The lowest BCUT2D eigenvalue weighted by molar-refractivity contribution is -0.143. The number of halogens is 1. The maximum atomic E-state index is 12.4. The van der Waals surface area contributed by atoms with Gasteiger partial charge in [-0.2, -0.15) is 0 Å². The van der Waals surface area contributed by atoms with Crippen molar-refractivity contribution < 1.29 is 14.7 Å². The third-order valence-corrected chi connectivity index (χ3v) is 4.63. The van der Waals surface area contributed by atoms with E-state index in [1.54, 1.807) is 18.2 Å². The number of aliphatic carboxylic acids is 1. The molecule has 1 aromatic carbocycles. The van der Waals surface area contributed by atoms with Crippen molar-refractivity contribution in [3.8, 4) is 0 Å². The Bertz CT molecular complexity index is 758. The van der Waals surface area contributed by atoms with Crippen molar-refractivity contribution in [1.29, 1.82) is 0 Å². The number of carboxylic acid groups (broad SMARTS) is 1. The normalized spacial score (nSPS) is 24.5. The van der Waals surface area contributed by atoms with E-state index in [1.165, 1.54) is 0 Å². The minimum atomic E-state index is -0.822. The summed E-state index contributed by atoms with van der Waals surface area (Å²) in [5.41, 5.74) is 7.29. The molecule has 122 valence electrons. The van der Waals surface area contributed by atoms with Gasteiger partial charge in [0.15, 0.2) is 0 Å². The molecule has 1 amide bonds. The fourth-order valence-electron chi connectivity index (χ4n) is 3.08. The first-order valence-electron chi connectivity index (χ1n) is 7.51. The molecule has 1 aliphatic carbocycles. The van der Waals surface area contributed by atoms with Crippen LogP contribution in [0.25, 0.3) is 10.9 Å². The summed E-state index contributed by atoms with van der Waals surface area (Å²) in [6.45, 7) is 0. The molecule has 1 saturated carbocycles. The number of nitrogens with two attached hydrogens (primary N) is 1. The second-order valence-corrected chi connectivity index (χ2v) is 6.44. The van der Waals surface area contributed by atoms with Crippen LogP contribution in [0.5, 0.6) is 0 Å². The third kappa shape index (κ3) is 3.33. The molecule has 3 atom stereocenters. The first kappa shape index (κ1) is 15.8. The third-order valence-electron chi connectivity index (χ3n) is 4.39. The van der Waals surface area contributed by atoms with Crippen molar-refractivity contribution in [3.05, 3.63) is 35.0 Å². The average molecular weight is 336 g/mol. The number of hydrogen-bond acceptors (Lipinski definition) is 3. The predicted octanol–water partition coefficient (Wildman–Crippen LogP) is 2.13. The Morgan fingerprint density at radius 2 is 2.09 bits per heavy atom. The highest BCUT2D eigenvalue weighted by Gasteiger charge is 2.32. The smallest absolute Gasteiger partial charge is 0.306 e. The van der Waals surface area contributed by atoms with Crippen LogP contribution in [0.15, 0.2) is 24.3 Å². The Balaban J connectivity index is 1.69. The molecule has 1 aliphatic rings. The highest BCUT2D eigenvalue weighted by molar-refractivity contribution is 6.31. The molecule has 3 rings (SSSR count). The van der Waals surface area contributed by atoms with Crippen molar-refractivity contribution in [2.45, 2.75) is 31.3 Å². The number of aromatic nitrogens is 1. The van der Waals surface area contributed by atoms with Gasteiger partial charge in [0.2, 0.25) is 0 Å². The summed E-state index contributed by atoms with van der Waals surface area (Å²) >= 11 is 5.94. The molecule has 1 aromatic heterocycles. The van der Waals surface area contributed by atoms with Crippen LogP contribution >= 0.6 is 11.6 Å². The lowest BCUT2D eigenvalue weighted by Crippen LogP contribution is -2.51.